The van der Waals surface area contributed by atoms with E-state index in [0.29, 0.717) is 28.5 Å². The van der Waals surface area contributed by atoms with E-state index in [-0.39, 0.29) is 21.7 Å². The summed E-state index contributed by atoms with van der Waals surface area (Å²) in [5.41, 5.74) is -1.19. The van der Waals surface area contributed by atoms with Crippen LogP contribution < -0.4 is 18.9 Å². The van der Waals surface area contributed by atoms with Gasteiger partial charge in [0, 0.05) is 28.2 Å². The molecule has 0 atom stereocenters. The zero-order chi connectivity index (χ0) is 27.0. The van der Waals surface area contributed by atoms with Crippen molar-refractivity contribution in [1.29, 1.82) is 0 Å². The van der Waals surface area contributed by atoms with Gasteiger partial charge in [0.05, 0.1) is 35.9 Å². The number of ether oxygens (including phenoxy) is 3. The van der Waals surface area contributed by atoms with E-state index in [1.807, 2.05) is 4.72 Å². The van der Waals surface area contributed by atoms with Crippen molar-refractivity contribution in [2.75, 3.05) is 18.9 Å². The predicted molar refractivity (Wildman–Crippen MR) is 131 cm³/mol. The zero-order valence-electron chi connectivity index (χ0n) is 19.1. The normalized spacial score (nSPS) is 11.9. The fourth-order valence-electron chi connectivity index (χ4n) is 3.47. The van der Waals surface area contributed by atoms with Gasteiger partial charge in [0.1, 0.15) is 5.75 Å². The summed E-state index contributed by atoms with van der Waals surface area (Å²) in [7, 11) is -1.79. The van der Waals surface area contributed by atoms with Crippen LogP contribution in [-0.4, -0.2) is 27.6 Å². The average molecular weight is 601 g/mol. The van der Waals surface area contributed by atoms with Crippen molar-refractivity contribution >= 4 is 42.5 Å². The molecule has 0 saturated carbocycles. The topological polar surface area (TPSA) is 86.8 Å². The van der Waals surface area contributed by atoms with Gasteiger partial charge in [0.2, 0.25) is 0 Å². The van der Waals surface area contributed by atoms with Crippen LogP contribution in [0.3, 0.4) is 0 Å². The summed E-state index contributed by atoms with van der Waals surface area (Å²) in [6.07, 6.45) is -3.49. The van der Waals surface area contributed by atoms with Crippen LogP contribution in [-0.2, 0) is 16.2 Å². The molecule has 1 N–H and O–H groups in total. The molecule has 0 amide bonds. The van der Waals surface area contributed by atoms with Crippen molar-refractivity contribution in [1.82, 2.24) is 4.98 Å². The number of alkyl halides is 3. The van der Waals surface area contributed by atoms with Gasteiger partial charge in [-0.05, 0) is 42.5 Å². The number of benzene rings is 3. The highest BCUT2D eigenvalue weighted by Gasteiger charge is 2.37. The molecule has 0 aliphatic heterocycles. The largest absolute Gasteiger partial charge is 0.493 e. The molecule has 0 fully saturated rings. The molecule has 37 heavy (non-hydrogen) atoms. The Kier molecular flexibility index (Phi) is 7.20. The van der Waals surface area contributed by atoms with Gasteiger partial charge < -0.3 is 14.2 Å². The number of fused-ring (bicyclic) bond motifs is 1. The van der Waals surface area contributed by atoms with E-state index in [1.54, 1.807) is 12.1 Å². The van der Waals surface area contributed by atoms with Crippen LogP contribution in [0.4, 0.5) is 23.2 Å². The molecule has 0 spiro atoms. The number of aromatic nitrogens is 1. The minimum absolute atomic E-state index is 0.0472. The van der Waals surface area contributed by atoms with Crippen molar-refractivity contribution in [2.24, 2.45) is 0 Å². The van der Waals surface area contributed by atoms with E-state index in [9.17, 15) is 26.0 Å². The summed E-state index contributed by atoms with van der Waals surface area (Å²) < 4.78 is 98.8. The van der Waals surface area contributed by atoms with Gasteiger partial charge in [0.15, 0.2) is 23.1 Å². The summed E-state index contributed by atoms with van der Waals surface area (Å²) in [5, 5.41) is 0.485. The SMILES string of the molecule is COc1cc2nccc(Oc3ccc(NS(=O)(=O)c4ccc(Br)cc4C(F)(F)F)cc3F)c2cc1OC. The molecule has 1 aromatic heterocycles. The molecule has 3 aromatic carbocycles. The highest BCUT2D eigenvalue weighted by Crippen LogP contribution is 2.39. The van der Waals surface area contributed by atoms with Gasteiger partial charge in [-0.15, -0.1) is 0 Å². The Labute approximate surface area is 217 Å². The number of hydrogen-bond acceptors (Lipinski definition) is 6. The molecule has 13 heteroatoms. The van der Waals surface area contributed by atoms with Crippen molar-refractivity contribution in [3.63, 3.8) is 0 Å². The summed E-state index contributed by atoms with van der Waals surface area (Å²) >= 11 is 2.90. The van der Waals surface area contributed by atoms with E-state index in [4.69, 9.17) is 14.2 Å². The highest BCUT2D eigenvalue weighted by molar-refractivity contribution is 9.10. The van der Waals surface area contributed by atoms with E-state index < -0.39 is 32.5 Å². The molecule has 194 valence electrons. The maximum atomic E-state index is 14.9. The van der Waals surface area contributed by atoms with Gasteiger partial charge in [-0.25, -0.2) is 12.8 Å². The summed E-state index contributed by atoms with van der Waals surface area (Å²) in [4.78, 5) is 3.23. The third kappa shape index (κ3) is 5.57. The Morgan fingerprint density at radius 2 is 1.59 bits per heavy atom. The number of pyridine rings is 1. The fraction of sp³-hybridized carbons (Fsp3) is 0.125. The average Bonchev–Trinajstić information content (AvgIpc) is 2.84. The van der Waals surface area contributed by atoms with Crippen molar-refractivity contribution < 1.29 is 40.2 Å². The van der Waals surface area contributed by atoms with Crippen LogP contribution in [0.15, 0.2) is 70.2 Å². The van der Waals surface area contributed by atoms with E-state index in [1.165, 1.54) is 26.5 Å². The minimum atomic E-state index is -4.93. The second-order valence-electron chi connectivity index (χ2n) is 7.52. The Morgan fingerprint density at radius 1 is 0.892 bits per heavy atom. The monoisotopic (exact) mass is 600 g/mol. The molecule has 4 aromatic rings. The van der Waals surface area contributed by atoms with Gasteiger partial charge in [-0.3, -0.25) is 9.71 Å². The van der Waals surface area contributed by atoms with E-state index >= 15 is 0 Å². The quantitative estimate of drug-likeness (QED) is 0.236. The number of anilines is 1. The lowest BCUT2D eigenvalue weighted by Gasteiger charge is -2.16. The minimum Gasteiger partial charge on any atom is -0.493 e. The molecule has 0 bridgehead atoms. The number of halogens is 5. The number of nitrogens with zero attached hydrogens (tertiary/aromatic N) is 1. The first-order valence-corrected chi connectivity index (χ1v) is 12.6. The highest BCUT2D eigenvalue weighted by atomic mass is 79.9. The van der Waals surface area contributed by atoms with Gasteiger partial charge >= 0.3 is 6.18 Å². The number of nitrogens with one attached hydrogen (secondary N) is 1. The molecular formula is C24H17BrF4N2O5S. The Hall–Kier alpha value is -3.58. The first kappa shape index (κ1) is 26.5. The maximum absolute atomic E-state index is 14.9. The molecular weight excluding hydrogens is 584 g/mol. The third-order valence-corrected chi connectivity index (χ3v) is 7.08. The summed E-state index contributed by atoms with van der Waals surface area (Å²) in [6.45, 7) is 0. The van der Waals surface area contributed by atoms with Gasteiger partial charge in [-0.2, -0.15) is 13.2 Å². The van der Waals surface area contributed by atoms with Crippen LogP contribution in [0.25, 0.3) is 10.9 Å². The second-order valence-corrected chi connectivity index (χ2v) is 10.1. The Morgan fingerprint density at radius 3 is 2.24 bits per heavy atom. The fourth-order valence-corrected chi connectivity index (χ4v) is 5.09. The lowest BCUT2D eigenvalue weighted by Crippen LogP contribution is -2.19. The van der Waals surface area contributed by atoms with Crippen LogP contribution in [0.2, 0.25) is 0 Å². The second kappa shape index (κ2) is 10.1. The third-order valence-electron chi connectivity index (χ3n) is 5.15. The van der Waals surface area contributed by atoms with Gasteiger partial charge in [-0.1, -0.05) is 15.9 Å². The Balaban J connectivity index is 1.64. The van der Waals surface area contributed by atoms with Crippen LogP contribution in [0, 0.1) is 5.82 Å². The first-order chi connectivity index (χ1) is 17.4. The number of hydrogen-bond donors (Lipinski definition) is 1. The van der Waals surface area contributed by atoms with E-state index in [2.05, 4.69) is 20.9 Å². The number of rotatable bonds is 7. The molecule has 0 saturated heterocycles. The number of methoxy groups -OCH3 is 2. The summed E-state index contributed by atoms with van der Waals surface area (Å²) in [5.74, 6) is -0.170. The van der Waals surface area contributed by atoms with Crippen molar-refractivity contribution in [2.45, 2.75) is 11.1 Å². The smallest absolute Gasteiger partial charge is 0.417 e. The van der Waals surface area contributed by atoms with E-state index in [0.717, 1.165) is 30.3 Å². The molecule has 0 aliphatic carbocycles. The lowest BCUT2D eigenvalue weighted by atomic mass is 10.2. The Bertz CT molecular complexity index is 1600. The maximum Gasteiger partial charge on any atom is 0.417 e. The van der Waals surface area contributed by atoms with Crippen molar-refractivity contribution in [3.05, 3.63) is 76.6 Å². The lowest BCUT2D eigenvalue weighted by molar-refractivity contribution is -0.139. The van der Waals surface area contributed by atoms with Crippen LogP contribution in [0.1, 0.15) is 5.56 Å². The molecule has 0 radical (unpaired) electrons. The molecule has 4 rings (SSSR count). The van der Waals surface area contributed by atoms with Crippen LogP contribution in [0.5, 0.6) is 23.0 Å². The molecule has 7 nitrogen and oxygen atoms in total. The molecule has 1 heterocycles. The standard InChI is InChI=1S/C24H17BrF4N2O5S/c1-34-21-11-15-18(12-22(21)35-2)30-8-7-19(15)36-20-5-4-14(10-17(20)26)31-37(32,33)23-6-3-13(25)9-16(23)24(27,28)29/h3-12,31H,1-2H3. The summed E-state index contributed by atoms with van der Waals surface area (Å²) in [6, 6.07) is 10.4. The predicted octanol–water partition coefficient (Wildman–Crippen LogP) is 6.77. The molecule has 0 unspecified atom stereocenters. The van der Waals surface area contributed by atoms with Crippen LogP contribution >= 0.6 is 15.9 Å². The van der Waals surface area contributed by atoms with Gasteiger partial charge in [0.25, 0.3) is 10.0 Å². The zero-order valence-corrected chi connectivity index (χ0v) is 21.5. The number of sulfonamides is 1. The first-order valence-electron chi connectivity index (χ1n) is 10.3. The van der Waals surface area contributed by atoms with Crippen molar-refractivity contribution in [3.8, 4) is 23.0 Å². The molecule has 0 aliphatic rings.